The van der Waals surface area contributed by atoms with Crippen LogP contribution in [0.3, 0.4) is 0 Å². The Bertz CT molecular complexity index is 1000. The number of rotatable bonds is 5. The molecule has 1 aliphatic carbocycles. The lowest BCUT2D eigenvalue weighted by Gasteiger charge is -2.02. The zero-order chi connectivity index (χ0) is 17.1. The monoisotopic (exact) mass is 340 g/mol. The van der Waals surface area contributed by atoms with Crippen molar-refractivity contribution >= 4 is 34.4 Å². The van der Waals surface area contributed by atoms with Gasteiger partial charge >= 0.3 is 5.97 Å². The van der Waals surface area contributed by atoms with E-state index in [1.54, 1.807) is 12.1 Å². The van der Waals surface area contributed by atoms with Gasteiger partial charge in [-0.15, -0.1) is 0 Å². The molecule has 2 aromatic rings. The molecule has 5 heteroatoms. The van der Waals surface area contributed by atoms with Gasteiger partial charge in [0.15, 0.2) is 0 Å². The number of fused-ring (bicyclic) bond motifs is 1. The molecule has 0 saturated heterocycles. The highest BCUT2D eigenvalue weighted by Crippen LogP contribution is 2.17. The second kappa shape index (κ2) is 6.84. The molecule has 0 aromatic heterocycles. The Labute approximate surface area is 141 Å². The van der Waals surface area contributed by atoms with Crippen molar-refractivity contribution in [3.8, 4) is 0 Å². The predicted octanol–water partition coefficient (Wildman–Crippen LogP) is 1.28. The van der Waals surface area contributed by atoms with Gasteiger partial charge in [0, 0.05) is 0 Å². The van der Waals surface area contributed by atoms with Gasteiger partial charge in [0.05, 0.1) is 12.2 Å². The number of benzene rings is 2. The Morgan fingerprint density at radius 3 is 2.46 bits per heavy atom. The standard InChI is InChI=1S/C19H16O4S/c20-19(21)11-17-8-7-16-6-5-15(10-18(16)17)9-13-1-3-14(4-2-13)12-24(22)23/h1-10,24H,11-12H2,(H,20,21)/b15-9-. The molecule has 0 unspecified atom stereocenters. The maximum absolute atomic E-state index is 10.9. The van der Waals surface area contributed by atoms with E-state index in [0.717, 1.165) is 32.7 Å². The molecule has 0 fully saturated rings. The number of hydrogen-bond donors (Lipinski definition) is 2. The molecule has 0 spiro atoms. The fourth-order valence-electron chi connectivity index (χ4n) is 2.75. The first kappa shape index (κ1) is 16.2. The van der Waals surface area contributed by atoms with E-state index in [9.17, 15) is 13.2 Å². The highest BCUT2D eigenvalue weighted by molar-refractivity contribution is 7.71. The van der Waals surface area contributed by atoms with Crippen LogP contribution in [0, 0.1) is 0 Å². The van der Waals surface area contributed by atoms with Gasteiger partial charge in [-0.05, 0) is 44.8 Å². The van der Waals surface area contributed by atoms with Gasteiger partial charge in [0.2, 0.25) is 0 Å². The molecule has 0 radical (unpaired) electrons. The quantitative estimate of drug-likeness (QED) is 0.805. The van der Waals surface area contributed by atoms with Crippen molar-refractivity contribution in [1.29, 1.82) is 0 Å². The normalized spacial score (nSPS) is 13.5. The summed E-state index contributed by atoms with van der Waals surface area (Å²) in [7, 11) is -2.42. The zero-order valence-electron chi connectivity index (χ0n) is 12.8. The van der Waals surface area contributed by atoms with Crippen LogP contribution in [0.25, 0.3) is 17.7 Å². The lowest BCUT2D eigenvalue weighted by molar-refractivity contribution is -0.135. The van der Waals surface area contributed by atoms with E-state index in [1.165, 1.54) is 0 Å². The maximum atomic E-state index is 10.9. The van der Waals surface area contributed by atoms with Gasteiger partial charge in [0.25, 0.3) is 0 Å². The fourth-order valence-corrected chi connectivity index (χ4v) is 3.25. The summed E-state index contributed by atoms with van der Waals surface area (Å²) in [5.41, 5.74) is 3.48. The highest BCUT2D eigenvalue weighted by Gasteiger charge is 2.11. The van der Waals surface area contributed by atoms with E-state index >= 15 is 0 Å². The van der Waals surface area contributed by atoms with E-state index in [2.05, 4.69) is 0 Å². The number of carbonyl (C=O) groups is 1. The molecule has 1 N–H and O–H groups in total. The van der Waals surface area contributed by atoms with Gasteiger partial charge in [-0.2, -0.15) is 0 Å². The minimum atomic E-state index is -2.42. The van der Waals surface area contributed by atoms with Crippen molar-refractivity contribution in [2.45, 2.75) is 12.2 Å². The van der Waals surface area contributed by atoms with Crippen LogP contribution in [0.5, 0.6) is 0 Å². The van der Waals surface area contributed by atoms with Crippen molar-refractivity contribution in [2.75, 3.05) is 0 Å². The fraction of sp³-hybridized carbons (Fsp3) is 0.105. The minimum Gasteiger partial charge on any atom is -0.481 e. The molecule has 0 saturated carbocycles. The summed E-state index contributed by atoms with van der Waals surface area (Å²) in [6.45, 7) is 0. The van der Waals surface area contributed by atoms with Gasteiger partial charge in [-0.3, -0.25) is 4.79 Å². The summed E-state index contributed by atoms with van der Waals surface area (Å²) < 4.78 is 21.5. The summed E-state index contributed by atoms with van der Waals surface area (Å²) in [5, 5.41) is 11.0. The molecule has 0 bridgehead atoms. The highest BCUT2D eigenvalue weighted by atomic mass is 32.2. The zero-order valence-corrected chi connectivity index (χ0v) is 13.7. The minimum absolute atomic E-state index is 0.00895. The van der Waals surface area contributed by atoms with Crippen molar-refractivity contribution in [1.82, 2.24) is 0 Å². The molecule has 4 nitrogen and oxygen atoms in total. The number of thiol groups is 1. The SMILES string of the molecule is O=C(O)CC1=CC=c2cc/c(=C/c3ccc(C[SH](=O)=O)cc3)cc21. The average molecular weight is 340 g/mol. The summed E-state index contributed by atoms with van der Waals surface area (Å²) in [4.78, 5) is 10.9. The third kappa shape index (κ3) is 3.81. The summed E-state index contributed by atoms with van der Waals surface area (Å²) in [6.07, 6.45) is 5.77. The second-order valence-corrected chi connectivity index (χ2v) is 6.63. The van der Waals surface area contributed by atoms with Crippen LogP contribution in [-0.4, -0.2) is 19.5 Å². The van der Waals surface area contributed by atoms with Crippen LogP contribution >= 0.6 is 0 Å². The van der Waals surface area contributed by atoms with Gasteiger partial charge in [-0.25, -0.2) is 8.42 Å². The molecule has 0 amide bonds. The van der Waals surface area contributed by atoms with Crippen molar-refractivity contribution < 1.29 is 18.3 Å². The second-order valence-electron chi connectivity index (χ2n) is 5.65. The Hall–Kier alpha value is -2.66. The molecule has 2 aromatic carbocycles. The third-order valence-electron chi connectivity index (χ3n) is 3.85. The van der Waals surface area contributed by atoms with E-state index in [4.69, 9.17) is 5.11 Å². The van der Waals surface area contributed by atoms with Crippen molar-refractivity contribution in [3.63, 3.8) is 0 Å². The molecule has 24 heavy (non-hydrogen) atoms. The van der Waals surface area contributed by atoms with Crippen LogP contribution < -0.4 is 10.4 Å². The summed E-state index contributed by atoms with van der Waals surface area (Å²) >= 11 is 0. The Kier molecular flexibility index (Phi) is 4.62. The van der Waals surface area contributed by atoms with Gasteiger partial charge in [0.1, 0.15) is 10.7 Å². The predicted molar refractivity (Wildman–Crippen MR) is 94.4 cm³/mol. The van der Waals surface area contributed by atoms with Crippen molar-refractivity contribution in [2.24, 2.45) is 0 Å². The van der Waals surface area contributed by atoms with Crippen molar-refractivity contribution in [3.05, 3.63) is 75.7 Å². The molecule has 3 rings (SSSR count). The third-order valence-corrected chi connectivity index (χ3v) is 4.48. The van der Waals surface area contributed by atoms with Gasteiger partial charge in [-0.1, -0.05) is 48.6 Å². The first-order valence-electron chi connectivity index (χ1n) is 7.47. The van der Waals surface area contributed by atoms with Crippen LogP contribution in [-0.2, 0) is 21.3 Å². The van der Waals surface area contributed by atoms with Crippen LogP contribution in [0.15, 0.2) is 48.5 Å². The molecule has 1 aliphatic rings. The molecule has 122 valence electrons. The average Bonchev–Trinajstić information content (AvgIpc) is 2.91. The molecular formula is C19H16O4S. The van der Waals surface area contributed by atoms with E-state index < -0.39 is 16.7 Å². The summed E-state index contributed by atoms with van der Waals surface area (Å²) in [5.74, 6) is -0.794. The van der Waals surface area contributed by atoms with E-state index in [-0.39, 0.29) is 12.2 Å². The number of carboxylic acid groups (broad SMARTS) is 1. The molecule has 0 atom stereocenters. The maximum Gasteiger partial charge on any atom is 0.307 e. The lowest BCUT2D eigenvalue weighted by Crippen LogP contribution is -2.12. The topological polar surface area (TPSA) is 71.4 Å². The molecular weight excluding hydrogens is 324 g/mol. The van der Waals surface area contributed by atoms with E-state index in [1.807, 2.05) is 48.6 Å². The Morgan fingerprint density at radius 1 is 1.04 bits per heavy atom. The van der Waals surface area contributed by atoms with E-state index in [0.29, 0.717) is 0 Å². The Balaban J connectivity index is 1.91. The number of allylic oxidation sites excluding steroid dienone is 1. The van der Waals surface area contributed by atoms with Crippen LogP contribution in [0.4, 0.5) is 0 Å². The Morgan fingerprint density at radius 2 is 1.79 bits per heavy atom. The number of carboxylic acids is 1. The first-order valence-corrected chi connectivity index (χ1v) is 8.83. The van der Waals surface area contributed by atoms with Crippen LogP contribution in [0.1, 0.15) is 23.1 Å². The largest absolute Gasteiger partial charge is 0.481 e. The van der Waals surface area contributed by atoms with Crippen LogP contribution in [0.2, 0.25) is 0 Å². The van der Waals surface area contributed by atoms with Gasteiger partial charge < -0.3 is 5.11 Å². The smallest absolute Gasteiger partial charge is 0.307 e. The lowest BCUT2D eigenvalue weighted by atomic mass is 10.0. The number of hydrogen-bond acceptors (Lipinski definition) is 3. The molecule has 0 aliphatic heterocycles. The first-order chi connectivity index (χ1) is 11.5. The molecule has 0 heterocycles. The summed E-state index contributed by atoms with van der Waals surface area (Å²) in [6, 6.07) is 13.3. The number of aliphatic carboxylic acids is 1.